The number of benzene rings is 3. The summed E-state index contributed by atoms with van der Waals surface area (Å²) in [6, 6.07) is 20.4. The van der Waals surface area contributed by atoms with Crippen molar-refractivity contribution in [1.29, 1.82) is 0 Å². The van der Waals surface area contributed by atoms with Crippen LogP contribution >= 0.6 is 0 Å². The molecule has 7 rings (SSSR count). The summed E-state index contributed by atoms with van der Waals surface area (Å²) in [6.45, 7) is 8.40. The fourth-order valence-corrected chi connectivity index (χ4v) is 5.62. The molecule has 4 heterocycles. The van der Waals surface area contributed by atoms with Crippen LogP contribution in [0.1, 0.15) is 22.3 Å². The number of allylic oxidation sites excluding steroid dienone is 1. The highest BCUT2D eigenvalue weighted by atomic mass is 16.1. The fraction of sp³-hybridized carbons (Fsp3) is 0.121. The zero-order valence-corrected chi connectivity index (χ0v) is 23.6. The molecule has 0 saturated carbocycles. The van der Waals surface area contributed by atoms with Crippen LogP contribution < -0.4 is 20.5 Å². The molecule has 0 saturated heterocycles. The molecule has 0 bridgehead atoms. The minimum absolute atomic E-state index is 0.344. The summed E-state index contributed by atoms with van der Waals surface area (Å²) in [5.41, 5.74) is 8.04. The van der Waals surface area contributed by atoms with Crippen molar-refractivity contribution in [3.8, 4) is 0 Å². The molecular weight excluding hydrogens is 524 g/mol. The van der Waals surface area contributed by atoms with Crippen molar-refractivity contribution in [2.75, 3.05) is 9.80 Å². The van der Waals surface area contributed by atoms with Crippen LogP contribution in [0.4, 0.5) is 28.8 Å². The van der Waals surface area contributed by atoms with E-state index in [4.69, 9.17) is 9.97 Å². The van der Waals surface area contributed by atoms with E-state index in [1.54, 1.807) is 0 Å². The number of nitrogens with zero attached hydrogens (tertiary/aromatic N) is 8. The second-order valence-electron chi connectivity index (χ2n) is 10.3. The van der Waals surface area contributed by atoms with E-state index in [-0.39, 0.29) is 0 Å². The smallest absolute Gasteiger partial charge is 0.276 e. The highest BCUT2D eigenvalue weighted by Gasteiger charge is 2.38. The van der Waals surface area contributed by atoms with Gasteiger partial charge in [0.05, 0.1) is 34.0 Å². The minimum atomic E-state index is -0.442. The molecule has 9 nitrogen and oxygen atoms in total. The zero-order chi connectivity index (χ0) is 29.0. The molecule has 5 aromatic rings. The van der Waals surface area contributed by atoms with E-state index in [0.717, 1.165) is 62.1 Å². The monoisotopic (exact) mass is 550 g/mol. The number of hydrogen-bond acceptors (Lipinski definition) is 8. The first-order valence-corrected chi connectivity index (χ1v) is 13.6. The Hall–Kier alpha value is -5.57. The molecule has 0 atom stereocenters. The number of rotatable bonds is 3. The molecule has 2 aliphatic rings. The predicted molar refractivity (Wildman–Crippen MR) is 164 cm³/mol. The summed E-state index contributed by atoms with van der Waals surface area (Å²) < 4.78 is 0. The van der Waals surface area contributed by atoms with Gasteiger partial charge >= 0.3 is 0 Å². The van der Waals surface area contributed by atoms with Crippen molar-refractivity contribution >= 4 is 58.1 Å². The average molecular weight is 551 g/mol. The Morgan fingerprint density at radius 2 is 1.21 bits per heavy atom. The van der Waals surface area contributed by atoms with Crippen LogP contribution in [-0.2, 0) is 4.79 Å². The Morgan fingerprint density at radius 1 is 0.667 bits per heavy atom. The number of hydrogen-bond donors (Lipinski definition) is 0. The third-order valence-electron chi connectivity index (χ3n) is 7.48. The van der Waals surface area contributed by atoms with Gasteiger partial charge in [0.25, 0.3) is 5.91 Å². The van der Waals surface area contributed by atoms with Gasteiger partial charge in [-0.3, -0.25) is 14.6 Å². The zero-order valence-electron chi connectivity index (χ0n) is 23.6. The van der Waals surface area contributed by atoms with Gasteiger partial charge in [0.1, 0.15) is 17.5 Å². The Morgan fingerprint density at radius 3 is 1.76 bits per heavy atom. The number of carbonyl (C=O) groups excluding carboxylic acids is 1. The van der Waals surface area contributed by atoms with E-state index >= 15 is 0 Å². The van der Waals surface area contributed by atoms with Crippen molar-refractivity contribution in [2.45, 2.75) is 27.7 Å². The molecule has 42 heavy (non-hydrogen) atoms. The quantitative estimate of drug-likeness (QED) is 0.307. The van der Waals surface area contributed by atoms with Crippen LogP contribution in [0.3, 0.4) is 0 Å². The van der Waals surface area contributed by atoms with Crippen molar-refractivity contribution in [2.24, 2.45) is 9.98 Å². The van der Waals surface area contributed by atoms with Gasteiger partial charge in [-0.1, -0.05) is 48.5 Å². The number of aryl methyl sites for hydroxylation is 4. The van der Waals surface area contributed by atoms with Gasteiger partial charge in [-0.15, -0.1) is 0 Å². The summed E-state index contributed by atoms with van der Waals surface area (Å²) in [6.07, 6.45) is 6.42. The topological polar surface area (TPSA) is 99.8 Å². The molecule has 0 aliphatic carbocycles. The van der Waals surface area contributed by atoms with Crippen LogP contribution in [0.15, 0.2) is 88.9 Å². The van der Waals surface area contributed by atoms with E-state index in [9.17, 15) is 4.79 Å². The second-order valence-corrected chi connectivity index (χ2v) is 10.3. The first-order chi connectivity index (χ1) is 20.4. The van der Waals surface area contributed by atoms with Gasteiger partial charge in [-0.2, -0.15) is 0 Å². The van der Waals surface area contributed by atoms with Crippen LogP contribution in [0.25, 0.3) is 17.1 Å². The number of anilines is 4. The fourth-order valence-electron chi connectivity index (χ4n) is 5.62. The third kappa shape index (κ3) is 4.05. The maximum atomic E-state index is 12.1. The van der Waals surface area contributed by atoms with E-state index in [1.165, 1.54) is 12.5 Å². The van der Waals surface area contributed by atoms with Gasteiger partial charge in [-0.05, 0) is 74.2 Å². The number of carbonyl (C=O) groups is 1. The summed E-state index contributed by atoms with van der Waals surface area (Å²) in [5, 5.41) is 0.833. The largest absolute Gasteiger partial charge is 0.288 e. The molecule has 3 aromatic carbocycles. The number of para-hydroxylation sites is 4. The number of fused-ring (bicyclic) bond motifs is 3. The molecule has 2 aliphatic heterocycles. The maximum absolute atomic E-state index is 12.1. The molecule has 1 amide bonds. The Kier molecular flexibility index (Phi) is 5.93. The molecule has 2 aromatic heterocycles. The second kappa shape index (κ2) is 9.81. The highest BCUT2D eigenvalue weighted by molar-refractivity contribution is 6.27. The van der Waals surface area contributed by atoms with Crippen molar-refractivity contribution in [1.82, 2.24) is 19.9 Å². The molecule has 0 spiro atoms. The molecule has 0 fully saturated rings. The normalized spacial score (nSPS) is 14.3. The van der Waals surface area contributed by atoms with Crippen LogP contribution in [0.2, 0.25) is 0 Å². The van der Waals surface area contributed by atoms with E-state index in [0.29, 0.717) is 16.5 Å². The van der Waals surface area contributed by atoms with Crippen LogP contribution in [-0.4, -0.2) is 32.1 Å². The average Bonchev–Trinajstić information content (AvgIpc) is 3.27. The molecule has 204 valence electrons. The standard InChI is InChI=1S/C33H26N8O/c1-19-9-7-10-20(2)29(19)40-27(16-15-25-28-31(36-18-35-25)34-17-26(42)39-28)41(30-21(3)11-8-12-22(30)4)33-32(40)37-23-13-5-6-14-24(23)38-33/h5-18H,1-4H3/b25-15+. The van der Waals surface area contributed by atoms with Crippen molar-refractivity contribution in [3.63, 3.8) is 0 Å². The Bertz CT molecular complexity index is 1990. The summed E-state index contributed by atoms with van der Waals surface area (Å²) in [5.74, 6) is 2.18. The number of aromatic nitrogens is 4. The van der Waals surface area contributed by atoms with Crippen molar-refractivity contribution < 1.29 is 4.79 Å². The van der Waals surface area contributed by atoms with Gasteiger partial charge < -0.3 is 0 Å². The summed E-state index contributed by atoms with van der Waals surface area (Å²) in [4.78, 5) is 43.7. The van der Waals surface area contributed by atoms with Gasteiger partial charge in [0.15, 0.2) is 17.5 Å². The lowest BCUT2D eigenvalue weighted by Gasteiger charge is -2.28. The molecule has 0 unspecified atom stereocenters. The van der Waals surface area contributed by atoms with Gasteiger partial charge in [0, 0.05) is 0 Å². The SMILES string of the molecule is Cc1cccc(C)c1N1C(=C/C=c2/ncnc3c2=NC(=O)C=N3)N(c2c(C)cccc2C)c2nc3ccccc3nc21. The Balaban J connectivity index is 1.59. The summed E-state index contributed by atoms with van der Waals surface area (Å²) in [7, 11) is 0. The molecule has 9 heteroatoms. The Labute approximate surface area is 242 Å². The first-order valence-electron chi connectivity index (χ1n) is 13.6. The van der Waals surface area contributed by atoms with Crippen LogP contribution in [0, 0.1) is 27.7 Å². The highest BCUT2D eigenvalue weighted by Crippen LogP contribution is 2.51. The minimum Gasteiger partial charge on any atom is -0.276 e. The van der Waals surface area contributed by atoms with Crippen molar-refractivity contribution in [3.05, 3.63) is 112 Å². The molecular formula is C33H26N8O. The molecule has 0 N–H and O–H groups in total. The summed E-state index contributed by atoms with van der Waals surface area (Å²) >= 11 is 0. The predicted octanol–water partition coefficient (Wildman–Crippen LogP) is 5.13. The lowest BCUT2D eigenvalue weighted by molar-refractivity contribution is -0.111. The number of amides is 1. The number of aliphatic imine (C=N–C) groups is 1. The van der Waals surface area contributed by atoms with E-state index < -0.39 is 5.91 Å². The van der Waals surface area contributed by atoms with E-state index in [2.05, 4.69) is 93.8 Å². The lowest BCUT2D eigenvalue weighted by atomic mass is 10.1. The van der Waals surface area contributed by atoms with Gasteiger partial charge in [0.2, 0.25) is 0 Å². The third-order valence-corrected chi connectivity index (χ3v) is 7.48. The van der Waals surface area contributed by atoms with Crippen LogP contribution in [0.5, 0.6) is 0 Å². The first kappa shape index (κ1) is 25.4. The maximum Gasteiger partial charge on any atom is 0.288 e. The lowest BCUT2D eigenvalue weighted by Crippen LogP contribution is -2.32. The van der Waals surface area contributed by atoms with Gasteiger partial charge in [-0.25, -0.2) is 29.9 Å². The molecule has 0 radical (unpaired) electrons. The van der Waals surface area contributed by atoms with E-state index in [1.807, 2.05) is 36.4 Å².